The van der Waals surface area contributed by atoms with E-state index in [0.29, 0.717) is 11.7 Å². The number of aromatic nitrogens is 2. The van der Waals surface area contributed by atoms with Gasteiger partial charge < -0.3 is 14.6 Å². The molecule has 1 heterocycles. The molecule has 3 rings (SSSR count). The Bertz CT molecular complexity index is 903. The number of hydrogen-bond acceptors (Lipinski definition) is 5. The summed E-state index contributed by atoms with van der Waals surface area (Å²) in [5.74, 6) is 1.33. The lowest BCUT2D eigenvalue weighted by molar-refractivity contribution is -0.127. The van der Waals surface area contributed by atoms with E-state index in [2.05, 4.69) is 15.5 Å². The maximum Gasteiger partial charge on any atom is 0.261 e. The maximum atomic E-state index is 12.3. The number of aryl methyl sites for hydroxylation is 2. The quantitative estimate of drug-likeness (QED) is 0.691. The summed E-state index contributed by atoms with van der Waals surface area (Å²) < 4.78 is 11.0. The first-order valence-electron chi connectivity index (χ1n) is 8.98. The predicted octanol–water partition coefficient (Wildman–Crippen LogP) is 3.69. The van der Waals surface area contributed by atoms with Gasteiger partial charge in [0, 0.05) is 5.56 Å². The van der Waals surface area contributed by atoms with Crippen molar-refractivity contribution < 1.29 is 14.1 Å². The first-order chi connectivity index (χ1) is 13.1. The average molecular weight is 365 g/mol. The first kappa shape index (κ1) is 18.6. The molecule has 0 spiro atoms. The van der Waals surface area contributed by atoms with Crippen molar-refractivity contribution in [3.8, 4) is 17.1 Å². The van der Waals surface area contributed by atoms with Gasteiger partial charge in [0.05, 0.1) is 6.54 Å². The molecule has 3 aromatic rings. The zero-order valence-corrected chi connectivity index (χ0v) is 15.7. The highest BCUT2D eigenvalue weighted by molar-refractivity contribution is 5.80. The molecule has 0 fully saturated rings. The van der Waals surface area contributed by atoms with Crippen LogP contribution in [0.5, 0.6) is 5.75 Å². The van der Waals surface area contributed by atoms with Gasteiger partial charge in [-0.2, -0.15) is 4.98 Å². The van der Waals surface area contributed by atoms with Crippen molar-refractivity contribution in [1.29, 1.82) is 0 Å². The van der Waals surface area contributed by atoms with E-state index < -0.39 is 6.10 Å². The van der Waals surface area contributed by atoms with Crippen LogP contribution in [0.3, 0.4) is 0 Å². The minimum absolute atomic E-state index is 0.154. The molecule has 0 aliphatic heterocycles. The summed E-state index contributed by atoms with van der Waals surface area (Å²) in [7, 11) is 0. The molecule has 1 amide bonds. The van der Waals surface area contributed by atoms with Crippen LogP contribution in [0.4, 0.5) is 0 Å². The van der Waals surface area contributed by atoms with Gasteiger partial charge in [0.1, 0.15) is 5.75 Å². The third kappa shape index (κ3) is 4.73. The number of hydrogen-bond donors (Lipinski definition) is 1. The predicted molar refractivity (Wildman–Crippen MR) is 102 cm³/mol. The largest absolute Gasteiger partial charge is 0.481 e. The van der Waals surface area contributed by atoms with E-state index in [1.54, 1.807) is 6.92 Å². The molecule has 6 heteroatoms. The van der Waals surface area contributed by atoms with Crippen molar-refractivity contribution in [3.05, 3.63) is 65.5 Å². The van der Waals surface area contributed by atoms with E-state index in [1.165, 1.54) is 0 Å². The molecule has 0 unspecified atom stereocenters. The van der Waals surface area contributed by atoms with Crippen LogP contribution in [0.25, 0.3) is 11.4 Å². The Balaban J connectivity index is 1.56. The van der Waals surface area contributed by atoms with Gasteiger partial charge in [-0.05, 0) is 31.9 Å². The molecule has 140 valence electrons. The zero-order chi connectivity index (χ0) is 19.2. The number of carbonyl (C=O) groups excluding carboxylic acids is 1. The molecule has 1 atom stereocenters. The second kappa shape index (κ2) is 8.49. The molecule has 0 saturated carbocycles. The molecule has 6 nitrogen and oxygen atoms in total. The van der Waals surface area contributed by atoms with Gasteiger partial charge in [-0.3, -0.25) is 4.79 Å². The highest BCUT2D eigenvalue weighted by Crippen LogP contribution is 2.20. The minimum Gasteiger partial charge on any atom is -0.481 e. The third-order valence-corrected chi connectivity index (χ3v) is 4.22. The van der Waals surface area contributed by atoms with Crippen LogP contribution in [0.2, 0.25) is 0 Å². The monoisotopic (exact) mass is 365 g/mol. The Morgan fingerprint density at radius 3 is 2.67 bits per heavy atom. The van der Waals surface area contributed by atoms with Crippen LogP contribution in [0.15, 0.2) is 53.1 Å². The van der Waals surface area contributed by atoms with Gasteiger partial charge in [-0.25, -0.2) is 0 Å². The van der Waals surface area contributed by atoms with Crippen LogP contribution in [-0.4, -0.2) is 22.2 Å². The lowest BCUT2D eigenvalue weighted by Crippen LogP contribution is -2.36. The number of rotatable bonds is 7. The fraction of sp³-hybridized carbons (Fsp3) is 0.286. The summed E-state index contributed by atoms with van der Waals surface area (Å²) in [5, 5.41) is 6.73. The smallest absolute Gasteiger partial charge is 0.261 e. The Labute approximate surface area is 158 Å². The lowest BCUT2D eigenvalue weighted by atomic mass is 10.1. The van der Waals surface area contributed by atoms with E-state index in [9.17, 15) is 4.79 Å². The molecule has 1 N–H and O–H groups in total. The molecule has 2 aromatic carbocycles. The standard InChI is InChI=1S/C21H23N3O3/c1-4-16-7-5-6-8-18(16)26-15(3)21(25)22-13-19-23-20(24-27-19)17-11-9-14(2)10-12-17/h5-12,15H,4,13H2,1-3H3,(H,22,25)/t15-/m0/s1. The van der Waals surface area contributed by atoms with E-state index in [4.69, 9.17) is 9.26 Å². The van der Waals surface area contributed by atoms with Crippen molar-refractivity contribution in [1.82, 2.24) is 15.5 Å². The van der Waals surface area contributed by atoms with Gasteiger partial charge in [0.2, 0.25) is 11.7 Å². The van der Waals surface area contributed by atoms with Gasteiger partial charge >= 0.3 is 0 Å². The summed E-state index contributed by atoms with van der Waals surface area (Å²) in [6.45, 7) is 5.94. The normalized spacial score (nSPS) is 11.8. The zero-order valence-electron chi connectivity index (χ0n) is 15.7. The summed E-state index contributed by atoms with van der Waals surface area (Å²) >= 11 is 0. The van der Waals surface area contributed by atoms with E-state index in [-0.39, 0.29) is 12.5 Å². The maximum absolute atomic E-state index is 12.3. The van der Waals surface area contributed by atoms with Crippen molar-refractivity contribution in [2.45, 2.75) is 39.8 Å². The summed E-state index contributed by atoms with van der Waals surface area (Å²) in [5.41, 5.74) is 3.10. The molecule has 0 aliphatic carbocycles. The summed E-state index contributed by atoms with van der Waals surface area (Å²) in [4.78, 5) is 16.6. The molecule has 1 aromatic heterocycles. The van der Waals surface area contributed by atoms with Crippen LogP contribution < -0.4 is 10.1 Å². The minimum atomic E-state index is -0.628. The molecule has 0 bridgehead atoms. The van der Waals surface area contributed by atoms with Crippen LogP contribution in [-0.2, 0) is 17.8 Å². The van der Waals surface area contributed by atoms with Crippen LogP contribution in [0.1, 0.15) is 30.9 Å². The summed E-state index contributed by atoms with van der Waals surface area (Å²) in [6.07, 6.45) is 0.214. The molecular formula is C21H23N3O3. The van der Waals surface area contributed by atoms with Crippen molar-refractivity contribution in [3.63, 3.8) is 0 Å². The van der Waals surface area contributed by atoms with E-state index in [0.717, 1.165) is 28.9 Å². The number of carbonyl (C=O) groups is 1. The highest BCUT2D eigenvalue weighted by Gasteiger charge is 2.17. The Kier molecular flexibility index (Phi) is 5.86. The second-order valence-electron chi connectivity index (χ2n) is 6.32. The average Bonchev–Trinajstić information content (AvgIpc) is 3.16. The summed E-state index contributed by atoms with van der Waals surface area (Å²) in [6, 6.07) is 15.6. The van der Waals surface area contributed by atoms with Crippen LogP contribution in [0, 0.1) is 6.92 Å². The Morgan fingerprint density at radius 2 is 1.93 bits per heavy atom. The highest BCUT2D eigenvalue weighted by atomic mass is 16.5. The topological polar surface area (TPSA) is 77.2 Å². The Hall–Kier alpha value is -3.15. The van der Waals surface area contributed by atoms with Crippen molar-refractivity contribution in [2.75, 3.05) is 0 Å². The molecular weight excluding hydrogens is 342 g/mol. The number of nitrogens with one attached hydrogen (secondary N) is 1. The van der Waals surface area contributed by atoms with Gasteiger partial charge in [0.15, 0.2) is 6.10 Å². The number of nitrogens with zero attached hydrogens (tertiary/aromatic N) is 2. The SMILES string of the molecule is CCc1ccccc1O[C@@H](C)C(=O)NCc1nc(-c2ccc(C)cc2)no1. The number of amides is 1. The number of benzene rings is 2. The third-order valence-electron chi connectivity index (χ3n) is 4.22. The molecule has 0 aliphatic rings. The van der Waals surface area contributed by atoms with Crippen molar-refractivity contribution >= 4 is 5.91 Å². The second-order valence-corrected chi connectivity index (χ2v) is 6.32. The van der Waals surface area contributed by atoms with E-state index in [1.807, 2.05) is 62.4 Å². The number of ether oxygens (including phenoxy) is 1. The van der Waals surface area contributed by atoms with Gasteiger partial charge in [-0.15, -0.1) is 0 Å². The van der Waals surface area contributed by atoms with Crippen molar-refractivity contribution in [2.24, 2.45) is 0 Å². The molecule has 27 heavy (non-hydrogen) atoms. The van der Waals surface area contributed by atoms with E-state index >= 15 is 0 Å². The van der Waals surface area contributed by atoms with Gasteiger partial charge in [0.25, 0.3) is 5.91 Å². The van der Waals surface area contributed by atoms with Gasteiger partial charge in [-0.1, -0.05) is 60.1 Å². The van der Waals surface area contributed by atoms with Crippen LogP contribution >= 0.6 is 0 Å². The Morgan fingerprint density at radius 1 is 1.19 bits per heavy atom. The fourth-order valence-electron chi connectivity index (χ4n) is 2.61. The molecule has 0 saturated heterocycles. The first-order valence-corrected chi connectivity index (χ1v) is 8.98. The number of para-hydroxylation sites is 1. The fourth-order valence-corrected chi connectivity index (χ4v) is 2.61. The lowest BCUT2D eigenvalue weighted by Gasteiger charge is -2.16. The molecule has 0 radical (unpaired) electrons.